The van der Waals surface area contributed by atoms with E-state index in [0.29, 0.717) is 5.69 Å². The Morgan fingerprint density at radius 3 is 2.39 bits per heavy atom. The zero-order valence-electron chi connectivity index (χ0n) is 12.1. The number of aryl methyl sites for hydroxylation is 1. The number of pyridine rings is 1. The molecule has 4 nitrogen and oxygen atoms in total. The minimum atomic E-state index is -0.460. The highest BCUT2D eigenvalue weighted by molar-refractivity contribution is 6.47. The summed E-state index contributed by atoms with van der Waals surface area (Å²) in [6.07, 6.45) is 1.64. The molecule has 1 aromatic rings. The molecule has 1 aromatic heterocycles. The third-order valence-electron chi connectivity index (χ3n) is 3.59. The smallest absolute Gasteiger partial charge is 0.332 e. The zero-order chi connectivity index (χ0) is 14.0. The average Bonchev–Trinajstić information content (AvgIpc) is 2.30. The molecule has 0 bridgehead atoms. The second kappa shape index (κ2) is 5.28. The van der Waals surface area contributed by atoms with E-state index < -0.39 is 11.2 Å². The summed E-state index contributed by atoms with van der Waals surface area (Å²) in [5.41, 5.74) is 7.25. The van der Waals surface area contributed by atoms with Crippen molar-refractivity contribution in [2.45, 2.75) is 45.8 Å². The number of nitrogens with zero attached hydrogens (tertiary/aromatic N) is 1. The molecule has 1 radical (unpaired) electrons. The number of nitrogen functional groups attached to an aromatic ring is 1. The van der Waals surface area contributed by atoms with Gasteiger partial charge in [0.05, 0.1) is 11.2 Å². The highest BCUT2D eigenvalue weighted by Crippen LogP contribution is 2.27. The third kappa shape index (κ3) is 3.24. The van der Waals surface area contributed by atoms with Crippen molar-refractivity contribution in [3.63, 3.8) is 0 Å². The van der Waals surface area contributed by atoms with Crippen LogP contribution in [0.4, 0.5) is 5.69 Å². The Labute approximate surface area is 110 Å². The quantitative estimate of drug-likeness (QED) is 0.802. The van der Waals surface area contributed by atoms with Gasteiger partial charge in [-0.2, -0.15) is 0 Å². The minimum Gasteiger partial charge on any atom is -0.427 e. The summed E-state index contributed by atoms with van der Waals surface area (Å²) >= 11 is 0. The van der Waals surface area contributed by atoms with Crippen LogP contribution < -0.4 is 11.2 Å². The molecule has 0 aliphatic rings. The number of hydrogen-bond donors (Lipinski definition) is 1. The van der Waals surface area contributed by atoms with Gasteiger partial charge in [0.25, 0.3) is 0 Å². The second-order valence-electron chi connectivity index (χ2n) is 5.40. The third-order valence-corrected chi connectivity index (χ3v) is 3.59. The van der Waals surface area contributed by atoms with Crippen molar-refractivity contribution in [2.75, 3.05) is 12.8 Å². The Balaban J connectivity index is 2.79. The van der Waals surface area contributed by atoms with Crippen LogP contribution in [0.3, 0.4) is 0 Å². The SMILES string of the molecule is COC(C)(C)C(C)(C)O[B]c1cc(N)cnc1C. The largest absolute Gasteiger partial charge is 0.427 e. The van der Waals surface area contributed by atoms with Crippen molar-refractivity contribution in [3.05, 3.63) is 18.0 Å². The molecule has 1 heterocycles. The Kier molecular flexibility index (Phi) is 4.40. The summed E-state index contributed by atoms with van der Waals surface area (Å²) in [6, 6.07) is 1.85. The van der Waals surface area contributed by atoms with Gasteiger partial charge >= 0.3 is 7.48 Å². The van der Waals surface area contributed by atoms with Crippen LogP contribution in [-0.4, -0.2) is 30.8 Å². The first-order valence-corrected chi connectivity index (χ1v) is 5.98. The van der Waals surface area contributed by atoms with Crippen LogP contribution in [0.2, 0.25) is 0 Å². The van der Waals surface area contributed by atoms with Gasteiger partial charge in [-0.3, -0.25) is 4.98 Å². The molecule has 99 valence electrons. The van der Waals surface area contributed by atoms with Crippen molar-refractivity contribution in [1.29, 1.82) is 0 Å². The van der Waals surface area contributed by atoms with Crippen molar-refractivity contribution in [2.24, 2.45) is 0 Å². The van der Waals surface area contributed by atoms with Gasteiger partial charge in [0, 0.05) is 24.7 Å². The number of ether oxygens (including phenoxy) is 1. The Morgan fingerprint density at radius 2 is 1.83 bits per heavy atom. The van der Waals surface area contributed by atoms with E-state index in [1.54, 1.807) is 20.8 Å². The molecule has 0 atom stereocenters. The fraction of sp³-hybridized carbons (Fsp3) is 0.615. The summed E-state index contributed by atoms with van der Waals surface area (Å²) in [6.45, 7) is 9.88. The number of nitrogens with two attached hydrogens (primary N) is 1. The van der Waals surface area contributed by atoms with Crippen molar-refractivity contribution in [1.82, 2.24) is 4.98 Å². The molecule has 0 saturated carbocycles. The topological polar surface area (TPSA) is 57.4 Å². The molecule has 0 fully saturated rings. The molecule has 0 spiro atoms. The summed E-state index contributed by atoms with van der Waals surface area (Å²) in [7, 11) is 3.37. The number of methoxy groups -OCH3 is 1. The lowest BCUT2D eigenvalue weighted by Gasteiger charge is -2.40. The Hall–Kier alpha value is -1.07. The maximum Gasteiger partial charge on any atom is 0.332 e. The monoisotopic (exact) mass is 249 g/mol. The van der Waals surface area contributed by atoms with E-state index >= 15 is 0 Å². The highest BCUT2D eigenvalue weighted by atomic mass is 16.5. The van der Waals surface area contributed by atoms with Crippen molar-refractivity contribution in [3.8, 4) is 0 Å². The molecule has 2 N–H and O–H groups in total. The van der Waals surface area contributed by atoms with Gasteiger partial charge in [-0.25, -0.2) is 0 Å². The van der Waals surface area contributed by atoms with Crippen LogP contribution in [0, 0.1) is 6.92 Å². The van der Waals surface area contributed by atoms with E-state index in [1.807, 2.05) is 40.7 Å². The standard InChI is InChI=1S/C13H22BN2O2/c1-9-11(7-10(15)8-16-9)14-18-13(4,5)12(2,3)17-6/h7-8H,15H2,1-6H3. The van der Waals surface area contributed by atoms with Gasteiger partial charge in [-0.15, -0.1) is 0 Å². The molecular weight excluding hydrogens is 227 g/mol. The highest BCUT2D eigenvalue weighted by Gasteiger charge is 2.38. The van der Waals surface area contributed by atoms with Crippen molar-refractivity contribution < 1.29 is 9.39 Å². The molecule has 0 aliphatic carbocycles. The summed E-state index contributed by atoms with van der Waals surface area (Å²) in [5, 5.41) is 0. The molecule has 1 rings (SSSR count). The van der Waals surface area contributed by atoms with Gasteiger partial charge < -0.3 is 15.1 Å². The van der Waals surface area contributed by atoms with Crippen LogP contribution in [0.25, 0.3) is 0 Å². The first kappa shape index (κ1) is 15.0. The molecule has 5 heteroatoms. The average molecular weight is 249 g/mol. The van der Waals surface area contributed by atoms with Gasteiger partial charge in [0.2, 0.25) is 0 Å². The number of anilines is 1. The van der Waals surface area contributed by atoms with Crippen LogP contribution in [0.5, 0.6) is 0 Å². The lowest BCUT2D eigenvalue weighted by molar-refractivity contribution is -0.114. The first-order chi connectivity index (χ1) is 8.19. The fourth-order valence-corrected chi connectivity index (χ4v) is 1.28. The maximum absolute atomic E-state index is 5.86. The van der Waals surface area contributed by atoms with Gasteiger partial charge in [0.1, 0.15) is 0 Å². The van der Waals surface area contributed by atoms with Gasteiger partial charge in [-0.05, 0) is 46.1 Å². The molecular formula is C13H22BN2O2. The summed E-state index contributed by atoms with van der Waals surface area (Å²) in [5.74, 6) is 0. The Morgan fingerprint density at radius 1 is 1.22 bits per heavy atom. The molecule has 0 aliphatic heterocycles. The lowest BCUT2D eigenvalue weighted by Crippen LogP contribution is -2.50. The predicted octanol–water partition coefficient (Wildman–Crippen LogP) is 1.44. The minimum absolute atomic E-state index is 0.398. The van der Waals surface area contributed by atoms with E-state index in [-0.39, 0.29) is 0 Å². The molecule has 0 aromatic carbocycles. The molecule has 0 unspecified atom stereocenters. The first-order valence-electron chi connectivity index (χ1n) is 5.98. The van der Waals surface area contributed by atoms with Crippen LogP contribution >= 0.6 is 0 Å². The van der Waals surface area contributed by atoms with E-state index in [4.69, 9.17) is 15.1 Å². The van der Waals surface area contributed by atoms with E-state index in [1.165, 1.54) is 0 Å². The number of aromatic nitrogens is 1. The molecule has 0 saturated heterocycles. The number of rotatable bonds is 5. The number of hydrogen-bond acceptors (Lipinski definition) is 4. The van der Waals surface area contributed by atoms with Gasteiger partial charge in [-0.1, -0.05) is 0 Å². The van der Waals surface area contributed by atoms with Gasteiger partial charge in [0.15, 0.2) is 0 Å². The lowest BCUT2D eigenvalue weighted by atomic mass is 9.81. The predicted molar refractivity (Wildman–Crippen MR) is 75.0 cm³/mol. The van der Waals surface area contributed by atoms with E-state index in [2.05, 4.69) is 4.98 Å². The van der Waals surface area contributed by atoms with E-state index in [9.17, 15) is 0 Å². The molecule has 18 heavy (non-hydrogen) atoms. The van der Waals surface area contributed by atoms with E-state index in [0.717, 1.165) is 11.2 Å². The summed E-state index contributed by atoms with van der Waals surface area (Å²) < 4.78 is 11.3. The van der Waals surface area contributed by atoms with Crippen LogP contribution in [0.1, 0.15) is 33.4 Å². The van der Waals surface area contributed by atoms with Crippen molar-refractivity contribution >= 4 is 18.6 Å². The zero-order valence-corrected chi connectivity index (χ0v) is 12.1. The maximum atomic E-state index is 5.86. The van der Waals surface area contributed by atoms with Crippen LogP contribution in [-0.2, 0) is 9.39 Å². The Bertz CT molecular complexity index is 419. The molecule has 0 amide bonds. The summed E-state index contributed by atoms with van der Waals surface area (Å²) in [4.78, 5) is 4.19. The normalized spacial score (nSPS) is 12.6. The second-order valence-corrected chi connectivity index (χ2v) is 5.40. The fourth-order valence-electron chi connectivity index (χ4n) is 1.28. The van der Waals surface area contributed by atoms with Crippen LogP contribution in [0.15, 0.2) is 12.3 Å².